The van der Waals surface area contributed by atoms with Crippen LogP contribution in [0.2, 0.25) is 0 Å². The Morgan fingerprint density at radius 3 is 3.20 bits per heavy atom. The topological polar surface area (TPSA) is 48.1 Å². The summed E-state index contributed by atoms with van der Waals surface area (Å²) in [7, 11) is 0. The van der Waals surface area contributed by atoms with Gasteiger partial charge in [-0.2, -0.15) is 0 Å². The van der Waals surface area contributed by atoms with E-state index in [1.165, 1.54) is 0 Å². The Hall–Kier alpha value is -1.13. The predicted molar refractivity (Wildman–Crippen MR) is 59.0 cm³/mol. The van der Waals surface area contributed by atoms with Crippen LogP contribution < -0.4 is 5.32 Å². The number of nitrogens with zero attached hydrogens (tertiary/aromatic N) is 1. The molecule has 2 heterocycles. The molecule has 0 saturated carbocycles. The standard InChI is InChI=1S/C11H17N3O/c1-9-7-12-5-6-14(9)8-11(15)10-3-2-4-13-10/h2-4,9,12-13H,5-8H2,1H3/t9-/m0/s1. The summed E-state index contributed by atoms with van der Waals surface area (Å²) in [5, 5.41) is 3.31. The van der Waals surface area contributed by atoms with Crippen molar-refractivity contribution >= 4 is 5.78 Å². The van der Waals surface area contributed by atoms with Crippen LogP contribution in [-0.4, -0.2) is 47.9 Å². The fourth-order valence-electron chi connectivity index (χ4n) is 1.89. The average Bonchev–Trinajstić information content (AvgIpc) is 2.74. The van der Waals surface area contributed by atoms with Gasteiger partial charge in [0.2, 0.25) is 0 Å². The summed E-state index contributed by atoms with van der Waals surface area (Å²) in [6.45, 7) is 5.56. The third-order valence-electron chi connectivity index (χ3n) is 2.88. The van der Waals surface area contributed by atoms with Crippen LogP contribution in [-0.2, 0) is 0 Å². The quantitative estimate of drug-likeness (QED) is 0.709. The Morgan fingerprint density at radius 2 is 2.53 bits per heavy atom. The number of carbonyl (C=O) groups excluding carboxylic acids is 1. The fraction of sp³-hybridized carbons (Fsp3) is 0.545. The molecule has 1 aliphatic rings. The van der Waals surface area contributed by atoms with Crippen LogP contribution >= 0.6 is 0 Å². The zero-order valence-electron chi connectivity index (χ0n) is 8.99. The molecule has 2 rings (SSSR count). The number of rotatable bonds is 3. The van der Waals surface area contributed by atoms with Gasteiger partial charge < -0.3 is 10.3 Å². The van der Waals surface area contributed by atoms with Crippen molar-refractivity contribution in [3.63, 3.8) is 0 Å². The molecular weight excluding hydrogens is 190 g/mol. The number of carbonyl (C=O) groups is 1. The third-order valence-corrected chi connectivity index (χ3v) is 2.88. The van der Waals surface area contributed by atoms with E-state index in [4.69, 9.17) is 0 Å². The number of hydrogen-bond donors (Lipinski definition) is 2. The second-order valence-corrected chi connectivity index (χ2v) is 4.03. The molecule has 15 heavy (non-hydrogen) atoms. The molecule has 4 nitrogen and oxygen atoms in total. The van der Waals surface area contributed by atoms with E-state index in [9.17, 15) is 4.79 Å². The third kappa shape index (κ3) is 2.46. The molecule has 0 bridgehead atoms. The lowest BCUT2D eigenvalue weighted by Crippen LogP contribution is -2.51. The van der Waals surface area contributed by atoms with Crippen molar-refractivity contribution in [2.75, 3.05) is 26.2 Å². The number of nitrogens with one attached hydrogen (secondary N) is 2. The van der Waals surface area contributed by atoms with Crippen molar-refractivity contribution < 1.29 is 4.79 Å². The van der Waals surface area contributed by atoms with Gasteiger partial charge in [0, 0.05) is 31.9 Å². The molecule has 1 atom stereocenters. The van der Waals surface area contributed by atoms with Gasteiger partial charge in [0.05, 0.1) is 12.2 Å². The molecule has 4 heteroatoms. The molecule has 0 aromatic carbocycles. The minimum absolute atomic E-state index is 0.175. The Kier molecular flexibility index (Phi) is 3.18. The highest BCUT2D eigenvalue weighted by molar-refractivity contribution is 5.95. The highest BCUT2D eigenvalue weighted by Gasteiger charge is 2.20. The van der Waals surface area contributed by atoms with E-state index in [-0.39, 0.29) is 5.78 Å². The Bertz CT molecular complexity index is 321. The molecule has 1 aromatic rings. The number of ketones is 1. The van der Waals surface area contributed by atoms with Gasteiger partial charge in [-0.05, 0) is 19.1 Å². The van der Waals surface area contributed by atoms with Gasteiger partial charge in [0.15, 0.2) is 5.78 Å². The van der Waals surface area contributed by atoms with Gasteiger partial charge in [-0.25, -0.2) is 0 Å². The zero-order chi connectivity index (χ0) is 10.7. The Morgan fingerprint density at radius 1 is 1.67 bits per heavy atom. The number of H-pyrrole nitrogens is 1. The summed E-state index contributed by atoms with van der Waals surface area (Å²) >= 11 is 0. The molecule has 1 fully saturated rings. The average molecular weight is 207 g/mol. The summed E-state index contributed by atoms with van der Waals surface area (Å²) in [6, 6.07) is 4.13. The maximum Gasteiger partial charge on any atom is 0.192 e. The van der Waals surface area contributed by atoms with Crippen molar-refractivity contribution in [1.29, 1.82) is 0 Å². The number of Topliss-reactive ketones (excluding diaryl/α,β-unsaturated/α-hetero) is 1. The Labute approximate surface area is 89.7 Å². The smallest absolute Gasteiger partial charge is 0.192 e. The number of aromatic nitrogens is 1. The van der Waals surface area contributed by atoms with Gasteiger partial charge >= 0.3 is 0 Å². The van der Waals surface area contributed by atoms with E-state index in [0.717, 1.165) is 19.6 Å². The minimum atomic E-state index is 0.175. The molecule has 0 amide bonds. The number of piperazine rings is 1. The zero-order valence-corrected chi connectivity index (χ0v) is 8.99. The van der Waals surface area contributed by atoms with Gasteiger partial charge in [0.1, 0.15) is 0 Å². The molecule has 0 aliphatic carbocycles. The maximum absolute atomic E-state index is 11.8. The van der Waals surface area contributed by atoms with E-state index in [1.54, 1.807) is 6.20 Å². The van der Waals surface area contributed by atoms with Gasteiger partial charge in [-0.3, -0.25) is 9.69 Å². The summed E-state index contributed by atoms with van der Waals surface area (Å²) in [6.07, 6.45) is 1.79. The predicted octanol–water partition coefficient (Wildman–Crippen LogP) is 0.491. The van der Waals surface area contributed by atoms with E-state index < -0.39 is 0 Å². The molecule has 0 spiro atoms. The molecule has 0 radical (unpaired) electrons. The summed E-state index contributed by atoms with van der Waals surface area (Å²) in [5.74, 6) is 0.175. The van der Waals surface area contributed by atoms with Crippen LogP contribution in [0.1, 0.15) is 17.4 Å². The Balaban J connectivity index is 1.93. The minimum Gasteiger partial charge on any atom is -0.359 e. The van der Waals surface area contributed by atoms with Crippen molar-refractivity contribution in [2.24, 2.45) is 0 Å². The fourth-order valence-corrected chi connectivity index (χ4v) is 1.89. The summed E-state index contributed by atoms with van der Waals surface area (Å²) in [4.78, 5) is 17.0. The van der Waals surface area contributed by atoms with Crippen LogP contribution in [0.5, 0.6) is 0 Å². The SMILES string of the molecule is C[C@H]1CNCCN1CC(=O)c1ccc[nH]1. The molecule has 82 valence electrons. The highest BCUT2D eigenvalue weighted by atomic mass is 16.1. The van der Waals surface area contributed by atoms with Crippen molar-refractivity contribution in [2.45, 2.75) is 13.0 Å². The molecule has 1 aromatic heterocycles. The van der Waals surface area contributed by atoms with E-state index in [1.807, 2.05) is 12.1 Å². The highest BCUT2D eigenvalue weighted by Crippen LogP contribution is 2.05. The van der Waals surface area contributed by atoms with Crippen molar-refractivity contribution in [3.8, 4) is 0 Å². The van der Waals surface area contributed by atoms with Crippen LogP contribution in [0.4, 0.5) is 0 Å². The van der Waals surface area contributed by atoms with E-state index in [0.29, 0.717) is 18.3 Å². The largest absolute Gasteiger partial charge is 0.359 e. The molecule has 1 aliphatic heterocycles. The van der Waals surface area contributed by atoms with Gasteiger partial charge in [0.25, 0.3) is 0 Å². The molecule has 2 N–H and O–H groups in total. The second-order valence-electron chi connectivity index (χ2n) is 4.03. The second kappa shape index (κ2) is 4.59. The van der Waals surface area contributed by atoms with Gasteiger partial charge in [-0.15, -0.1) is 0 Å². The van der Waals surface area contributed by atoms with Crippen molar-refractivity contribution in [3.05, 3.63) is 24.0 Å². The number of aromatic amines is 1. The summed E-state index contributed by atoms with van der Waals surface area (Å²) < 4.78 is 0. The van der Waals surface area contributed by atoms with E-state index in [2.05, 4.69) is 22.1 Å². The first-order valence-corrected chi connectivity index (χ1v) is 5.39. The first kappa shape index (κ1) is 10.4. The lowest BCUT2D eigenvalue weighted by molar-refractivity contribution is 0.0871. The molecule has 1 saturated heterocycles. The number of hydrogen-bond acceptors (Lipinski definition) is 3. The molecule has 0 unspecified atom stereocenters. The first-order chi connectivity index (χ1) is 7.27. The van der Waals surface area contributed by atoms with Crippen LogP contribution in [0.3, 0.4) is 0 Å². The lowest BCUT2D eigenvalue weighted by atomic mass is 10.2. The van der Waals surface area contributed by atoms with Crippen LogP contribution in [0.25, 0.3) is 0 Å². The van der Waals surface area contributed by atoms with E-state index >= 15 is 0 Å². The molecular formula is C11H17N3O. The van der Waals surface area contributed by atoms with Crippen LogP contribution in [0, 0.1) is 0 Å². The van der Waals surface area contributed by atoms with Crippen LogP contribution in [0.15, 0.2) is 18.3 Å². The van der Waals surface area contributed by atoms with Gasteiger partial charge in [-0.1, -0.05) is 0 Å². The van der Waals surface area contributed by atoms with Crippen molar-refractivity contribution in [1.82, 2.24) is 15.2 Å². The first-order valence-electron chi connectivity index (χ1n) is 5.39. The lowest BCUT2D eigenvalue weighted by Gasteiger charge is -2.33. The summed E-state index contributed by atoms with van der Waals surface area (Å²) in [5.41, 5.74) is 0.709. The normalized spacial score (nSPS) is 22.9. The maximum atomic E-state index is 11.8. The monoisotopic (exact) mass is 207 g/mol.